The van der Waals surface area contributed by atoms with Gasteiger partial charge < -0.3 is 19.3 Å². The molecule has 1 aliphatic heterocycles. The van der Waals surface area contributed by atoms with E-state index >= 15 is 0 Å². The van der Waals surface area contributed by atoms with Gasteiger partial charge in [-0.1, -0.05) is 12.1 Å². The highest BCUT2D eigenvalue weighted by Crippen LogP contribution is 2.52. The molecular formula is C25H35N3O4. The Kier molecular flexibility index (Phi) is 6.86. The van der Waals surface area contributed by atoms with E-state index in [0.717, 1.165) is 31.8 Å². The maximum absolute atomic E-state index is 11.8. The van der Waals surface area contributed by atoms with E-state index < -0.39 is 5.60 Å². The average molecular weight is 442 g/mol. The second-order valence-corrected chi connectivity index (χ2v) is 9.08. The average Bonchev–Trinajstić information content (AvgIpc) is 3.28. The minimum Gasteiger partial charge on any atom is -0.491 e. The van der Waals surface area contributed by atoms with Crippen LogP contribution in [0.3, 0.4) is 0 Å². The quantitative estimate of drug-likeness (QED) is 0.634. The largest absolute Gasteiger partial charge is 0.491 e. The fourth-order valence-corrected chi connectivity index (χ4v) is 5.19. The Balaban J connectivity index is 1.51. The summed E-state index contributed by atoms with van der Waals surface area (Å²) in [4.78, 5) is 11.2. The Labute approximate surface area is 190 Å². The Hall–Kier alpha value is -2.38. The van der Waals surface area contributed by atoms with Crippen LogP contribution in [0.2, 0.25) is 0 Å². The number of rotatable bonds is 9. The molecular weight excluding hydrogens is 406 g/mol. The third-order valence-electron chi connectivity index (χ3n) is 6.46. The minimum atomic E-state index is -0.989. The normalized spacial score (nSPS) is 25.2. The van der Waals surface area contributed by atoms with Crippen molar-refractivity contribution in [1.82, 2.24) is 14.9 Å². The van der Waals surface area contributed by atoms with Crippen LogP contribution >= 0.6 is 0 Å². The monoisotopic (exact) mass is 441 g/mol. The smallest absolute Gasteiger partial charge is 0.319 e. The van der Waals surface area contributed by atoms with Crippen molar-refractivity contribution in [2.75, 3.05) is 26.3 Å². The molecule has 1 saturated heterocycles. The summed E-state index contributed by atoms with van der Waals surface area (Å²) in [6.45, 7) is 11.5. The minimum absolute atomic E-state index is 0.123. The maximum Gasteiger partial charge on any atom is 0.319 e. The molecule has 2 aromatic rings. The van der Waals surface area contributed by atoms with Crippen LogP contribution in [0.5, 0.6) is 17.6 Å². The van der Waals surface area contributed by atoms with Gasteiger partial charge in [0.05, 0.1) is 24.9 Å². The molecule has 0 radical (unpaired) electrons. The first kappa shape index (κ1) is 22.8. The second kappa shape index (κ2) is 9.63. The molecule has 3 atom stereocenters. The molecule has 7 heteroatoms. The summed E-state index contributed by atoms with van der Waals surface area (Å²) in [5, 5.41) is 11.8. The van der Waals surface area contributed by atoms with E-state index in [2.05, 4.69) is 27.0 Å². The van der Waals surface area contributed by atoms with Crippen LogP contribution in [0.15, 0.2) is 30.5 Å². The number of aliphatic hydroxyl groups is 1. The highest BCUT2D eigenvalue weighted by Gasteiger charge is 2.53. The lowest BCUT2D eigenvalue weighted by Gasteiger charge is -2.31. The van der Waals surface area contributed by atoms with Crippen molar-refractivity contribution in [2.24, 2.45) is 11.8 Å². The first-order valence-corrected chi connectivity index (χ1v) is 11.8. The molecule has 0 amide bonds. The van der Waals surface area contributed by atoms with Gasteiger partial charge in [0.25, 0.3) is 0 Å². The molecule has 1 saturated carbocycles. The predicted octanol–water partition coefficient (Wildman–Crippen LogP) is 3.79. The van der Waals surface area contributed by atoms with Gasteiger partial charge in [-0.2, -0.15) is 4.98 Å². The molecule has 0 bridgehead atoms. The number of aromatic nitrogens is 2. The Bertz CT molecular complexity index is 922. The summed E-state index contributed by atoms with van der Waals surface area (Å²) >= 11 is 0. The number of nitrogens with zero attached hydrogens (tertiary/aromatic N) is 3. The zero-order valence-electron chi connectivity index (χ0n) is 19.6. The molecule has 0 spiro atoms. The molecule has 174 valence electrons. The van der Waals surface area contributed by atoms with E-state index in [9.17, 15) is 5.11 Å². The molecule has 2 heterocycles. The lowest BCUT2D eigenvalue weighted by molar-refractivity contribution is -0.0101. The van der Waals surface area contributed by atoms with Gasteiger partial charge in [0.15, 0.2) is 0 Å². The first-order chi connectivity index (χ1) is 15.4. The van der Waals surface area contributed by atoms with Crippen LogP contribution in [-0.4, -0.2) is 52.4 Å². The summed E-state index contributed by atoms with van der Waals surface area (Å²) < 4.78 is 17.1. The van der Waals surface area contributed by atoms with E-state index in [-0.39, 0.29) is 18.0 Å². The van der Waals surface area contributed by atoms with Gasteiger partial charge in [0.2, 0.25) is 5.88 Å². The van der Waals surface area contributed by atoms with Crippen LogP contribution in [0, 0.1) is 11.8 Å². The highest BCUT2D eigenvalue weighted by molar-refractivity contribution is 5.34. The molecule has 32 heavy (non-hydrogen) atoms. The Morgan fingerprint density at radius 2 is 2.00 bits per heavy atom. The van der Waals surface area contributed by atoms with Crippen LogP contribution in [0.1, 0.15) is 51.7 Å². The van der Waals surface area contributed by atoms with E-state index in [1.807, 2.05) is 39.8 Å². The van der Waals surface area contributed by atoms with Crippen LogP contribution in [-0.2, 0) is 12.1 Å². The summed E-state index contributed by atoms with van der Waals surface area (Å²) in [6.07, 6.45) is 3.53. The molecule has 0 unspecified atom stereocenters. The van der Waals surface area contributed by atoms with Gasteiger partial charge in [-0.15, -0.1) is 0 Å². The van der Waals surface area contributed by atoms with Gasteiger partial charge in [-0.05, 0) is 64.2 Å². The number of fused-ring (bicyclic) bond motifs is 1. The highest BCUT2D eigenvalue weighted by atomic mass is 16.5. The molecule has 1 N–H and O–H groups in total. The number of benzene rings is 1. The van der Waals surface area contributed by atoms with Gasteiger partial charge >= 0.3 is 6.01 Å². The zero-order valence-corrected chi connectivity index (χ0v) is 19.6. The second-order valence-electron chi connectivity index (χ2n) is 9.08. The van der Waals surface area contributed by atoms with Gasteiger partial charge in [-0.3, -0.25) is 4.90 Å². The standard InChI is InChI=1S/C25H35N3O4/c1-5-30-23-21(13-26-24(27-23)31-6-2)25(29)11-10-19-15-28(16-22(19)25)14-18-8-7-9-20(12-18)32-17(3)4/h7-9,12-13,17,19,22,29H,5-6,10-11,14-16H2,1-4H3/t19-,22+,25+/m0/s1. The van der Waals surface area contributed by atoms with Crippen molar-refractivity contribution in [1.29, 1.82) is 0 Å². The number of hydrogen-bond donors (Lipinski definition) is 1. The van der Waals surface area contributed by atoms with Crippen molar-refractivity contribution >= 4 is 0 Å². The Morgan fingerprint density at radius 3 is 2.75 bits per heavy atom. The summed E-state index contributed by atoms with van der Waals surface area (Å²) in [6, 6.07) is 8.59. The lowest BCUT2D eigenvalue weighted by atomic mass is 9.83. The van der Waals surface area contributed by atoms with Crippen molar-refractivity contribution in [3.05, 3.63) is 41.6 Å². The van der Waals surface area contributed by atoms with Crippen LogP contribution in [0.4, 0.5) is 0 Å². The maximum atomic E-state index is 11.8. The van der Waals surface area contributed by atoms with E-state index in [1.54, 1.807) is 6.20 Å². The predicted molar refractivity (Wildman–Crippen MR) is 122 cm³/mol. The lowest BCUT2D eigenvalue weighted by Crippen LogP contribution is -2.35. The SMILES string of the molecule is CCOc1ncc([C@]2(O)CC[C@H]3CN(Cc4cccc(OC(C)C)c4)C[C@H]32)c(OCC)n1. The number of hydrogen-bond acceptors (Lipinski definition) is 7. The van der Waals surface area contributed by atoms with Crippen LogP contribution < -0.4 is 14.2 Å². The molecule has 2 aliphatic rings. The molecule has 1 aliphatic carbocycles. The zero-order chi connectivity index (χ0) is 22.7. The summed E-state index contributed by atoms with van der Waals surface area (Å²) in [5.41, 5.74) is 0.924. The van der Waals surface area contributed by atoms with Crippen molar-refractivity contribution in [3.63, 3.8) is 0 Å². The van der Waals surface area contributed by atoms with E-state index in [1.165, 1.54) is 5.56 Å². The van der Waals surface area contributed by atoms with Crippen molar-refractivity contribution < 1.29 is 19.3 Å². The van der Waals surface area contributed by atoms with Crippen LogP contribution in [0.25, 0.3) is 0 Å². The number of ether oxygens (including phenoxy) is 3. The summed E-state index contributed by atoms with van der Waals surface area (Å²) in [5.74, 6) is 1.90. The fraction of sp³-hybridized carbons (Fsp3) is 0.600. The van der Waals surface area contributed by atoms with Gasteiger partial charge in [0, 0.05) is 31.7 Å². The third kappa shape index (κ3) is 4.69. The molecule has 4 rings (SSSR count). The topological polar surface area (TPSA) is 76.9 Å². The van der Waals surface area contributed by atoms with Gasteiger partial charge in [0.1, 0.15) is 11.4 Å². The Morgan fingerprint density at radius 1 is 1.19 bits per heavy atom. The van der Waals surface area contributed by atoms with E-state index in [0.29, 0.717) is 37.0 Å². The van der Waals surface area contributed by atoms with Crippen molar-refractivity contribution in [3.8, 4) is 17.6 Å². The fourth-order valence-electron chi connectivity index (χ4n) is 5.19. The molecule has 1 aromatic heterocycles. The summed E-state index contributed by atoms with van der Waals surface area (Å²) in [7, 11) is 0. The molecule has 1 aromatic carbocycles. The third-order valence-corrected chi connectivity index (χ3v) is 6.46. The molecule has 7 nitrogen and oxygen atoms in total. The van der Waals surface area contributed by atoms with E-state index in [4.69, 9.17) is 14.2 Å². The number of likely N-dealkylation sites (tertiary alicyclic amines) is 1. The first-order valence-electron chi connectivity index (χ1n) is 11.8. The van der Waals surface area contributed by atoms with Crippen molar-refractivity contribution in [2.45, 2.75) is 58.8 Å². The van der Waals surface area contributed by atoms with Gasteiger partial charge in [-0.25, -0.2) is 4.98 Å². The molecule has 2 fully saturated rings.